The van der Waals surface area contributed by atoms with E-state index in [0.29, 0.717) is 18.5 Å². The molecule has 0 aliphatic rings. The van der Waals surface area contributed by atoms with Crippen molar-refractivity contribution in [1.82, 2.24) is 0 Å². The van der Waals surface area contributed by atoms with Crippen molar-refractivity contribution in [3.05, 3.63) is 29.8 Å². The molecule has 2 N–H and O–H groups in total. The van der Waals surface area contributed by atoms with E-state index in [-0.39, 0.29) is 12.5 Å². The first-order valence-electron chi connectivity index (χ1n) is 5.61. The number of rotatable bonds is 5. The molecular weight excluding hydrogens is 216 g/mol. The summed E-state index contributed by atoms with van der Waals surface area (Å²) < 4.78 is 0. The van der Waals surface area contributed by atoms with E-state index in [1.54, 1.807) is 19.1 Å². The molecule has 0 spiro atoms. The quantitative estimate of drug-likeness (QED) is 0.811. The van der Waals surface area contributed by atoms with Gasteiger partial charge in [-0.2, -0.15) is 5.26 Å². The van der Waals surface area contributed by atoms with Crippen LogP contribution in [0, 0.1) is 17.2 Å². The highest BCUT2D eigenvalue weighted by atomic mass is 16.2. The van der Waals surface area contributed by atoms with Crippen LogP contribution in [0.4, 0.5) is 5.69 Å². The van der Waals surface area contributed by atoms with Gasteiger partial charge >= 0.3 is 0 Å². The lowest BCUT2D eigenvalue weighted by molar-refractivity contribution is -0.118. The molecule has 1 amide bonds. The van der Waals surface area contributed by atoms with Gasteiger partial charge in [0, 0.05) is 12.3 Å². The van der Waals surface area contributed by atoms with Gasteiger partial charge in [0.1, 0.15) is 5.92 Å². The summed E-state index contributed by atoms with van der Waals surface area (Å²) in [5, 5.41) is 20.2. The molecular formula is C13H16N2O2. The molecule has 4 nitrogen and oxygen atoms in total. The predicted octanol–water partition coefficient (Wildman–Crippen LogP) is 1.71. The van der Waals surface area contributed by atoms with E-state index >= 15 is 0 Å². The fourth-order valence-electron chi connectivity index (χ4n) is 1.45. The Balaban J connectivity index is 2.63. The molecule has 0 saturated heterocycles. The van der Waals surface area contributed by atoms with Gasteiger partial charge in [-0.15, -0.1) is 0 Å². The van der Waals surface area contributed by atoms with E-state index in [4.69, 9.17) is 10.4 Å². The first-order chi connectivity index (χ1) is 8.21. The van der Waals surface area contributed by atoms with E-state index in [0.717, 1.165) is 5.56 Å². The molecule has 1 rings (SSSR count). The summed E-state index contributed by atoms with van der Waals surface area (Å²) in [6, 6.07) is 9.19. The van der Waals surface area contributed by atoms with Gasteiger partial charge in [-0.1, -0.05) is 19.1 Å². The molecule has 17 heavy (non-hydrogen) atoms. The molecule has 0 fully saturated rings. The van der Waals surface area contributed by atoms with Crippen molar-refractivity contribution in [3.63, 3.8) is 0 Å². The Hall–Kier alpha value is -1.86. The van der Waals surface area contributed by atoms with E-state index in [1.807, 2.05) is 18.2 Å². The summed E-state index contributed by atoms with van der Waals surface area (Å²) >= 11 is 0. The second kappa shape index (κ2) is 6.66. The van der Waals surface area contributed by atoms with Crippen molar-refractivity contribution >= 4 is 11.6 Å². The molecule has 4 heteroatoms. The van der Waals surface area contributed by atoms with Crippen molar-refractivity contribution in [2.24, 2.45) is 5.92 Å². The second-order valence-corrected chi connectivity index (χ2v) is 3.75. The summed E-state index contributed by atoms with van der Waals surface area (Å²) in [4.78, 5) is 11.6. The number of anilines is 1. The Labute approximate surface area is 101 Å². The van der Waals surface area contributed by atoms with E-state index in [9.17, 15) is 4.79 Å². The number of carbonyl (C=O) groups is 1. The Kier molecular flexibility index (Phi) is 5.18. The smallest absolute Gasteiger partial charge is 0.241 e. The Morgan fingerprint density at radius 3 is 2.59 bits per heavy atom. The predicted molar refractivity (Wildman–Crippen MR) is 65.3 cm³/mol. The Morgan fingerprint density at radius 1 is 1.47 bits per heavy atom. The molecule has 1 aromatic rings. The molecule has 1 atom stereocenters. The molecule has 90 valence electrons. The first-order valence-corrected chi connectivity index (χ1v) is 5.61. The van der Waals surface area contributed by atoms with Crippen LogP contribution in [0.3, 0.4) is 0 Å². The molecule has 0 radical (unpaired) electrons. The third-order valence-electron chi connectivity index (χ3n) is 2.50. The van der Waals surface area contributed by atoms with Crippen LogP contribution in [-0.4, -0.2) is 17.6 Å². The van der Waals surface area contributed by atoms with Gasteiger partial charge < -0.3 is 10.4 Å². The summed E-state index contributed by atoms with van der Waals surface area (Å²) in [7, 11) is 0. The molecule has 0 aromatic heterocycles. The largest absolute Gasteiger partial charge is 0.396 e. The maximum atomic E-state index is 11.6. The number of carbonyl (C=O) groups excluding carboxylic acids is 1. The lowest BCUT2D eigenvalue weighted by Crippen LogP contribution is -2.20. The Morgan fingerprint density at radius 2 is 2.12 bits per heavy atom. The number of hydrogen-bond donors (Lipinski definition) is 2. The Bertz CT molecular complexity index is 406. The minimum Gasteiger partial charge on any atom is -0.396 e. The minimum absolute atomic E-state index is 0.109. The molecule has 0 aliphatic carbocycles. The maximum Gasteiger partial charge on any atom is 0.241 e. The van der Waals surface area contributed by atoms with Crippen LogP contribution in [0.5, 0.6) is 0 Å². The number of nitriles is 1. The fourth-order valence-corrected chi connectivity index (χ4v) is 1.45. The highest BCUT2D eigenvalue weighted by molar-refractivity contribution is 5.94. The van der Waals surface area contributed by atoms with Gasteiger partial charge in [-0.3, -0.25) is 4.79 Å². The lowest BCUT2D eigenvalue weighted by atomic mass is 10.1. The zero-order valence-corrected chi connectivity index (χ0v) is 9.81. The summed E-state index contributed by atoms with van der Waals surface area (Å²) in [5.74, 6) is -0.878. The highest BCUT2D eigenvalue weighted by Gasteiger charge is 2.14. The van der Waals surface area contributed by atoms with E-state index in [2.05, 4.69) is 5.32 Å². The number of amides is 1. The summed E-state index contributed by atoms with van der Waals surface area (Å²) in [6.07, 6.45) is 1.11. The highest BCUT2D eigenvalue weighted by Crippen LogP contribution is 2.12. The zero-order chi connectivity index (χ0) is 12.7. The van der Waals surface area contributed by atoms with Crippen molar-refractivity contribution in [2.45, 2.75) is 19.8 Å². The van der Waals surface area contributed by atoms with Crippen LogP contribution < -0.4 is 5.32 Å². The molecule has 0 bridgehead atoms. The monoisotopic (exact) mass is 232 g/mol. The lowest BCUT2D eigenvalue weighted by Gasteiger charge is -2.08. The van der Waals surface area contributed by atoms with Crippen LogP contribution in [0.15, 0.2) is 24.3 Å². The zero-order valence-electron chi connectivity index (χ0n) is 9.81. The maximum absolute atomic E-state index is 11.6. The van der Waals surface area contributed by atoms with E-state index < -0.39 is 5.92 Å². The first kappa shape index (κ1) is 13.2. The van der Waals surface area contributed by atoms with E-state index in [1.165, 1.54) is 0 Å². The molecule has 0 aliphatic heterocycles. The molecule has 0 saturated carbocycles. The van der Waals surface area contributed by atoms with Crippen LogP contribution in [0.1, 0.15) is 18.9 Å². The second-order valence-electron chi connectivity index (χ2n) is 3.75. The molecule has 1 aromatic carbocycles. The standard InChI is InChI=1S/C13H16N2O2/c1-2-11(9-14)13(17)15-12-5-3-10(4-6-12)7-8-16/h3-6,11,16H,2,7-8H2,1H3,(H,15,17). The number of hydrogen-bond acceptors (Lipinski definition) is 3. The van der Waals surface area contributed by atoms with Crippen LogP contribution in [0.25, 0.3) is 0 Å². The van der Waals surface area contributed by atoms with Gasteiger partial charge in [0.25, 0.3) is 0 Å². The number of aliphatic hydroxyl groups is 1. The van der Waals surface area contributed by atoms with Crippen molar-refractivity contribution < 1.29 is 9.90 Å². The van der Waals surface area contributed by atoms with Gasteiger partial charge in [0.05, 0.1) is 6.07 Å². The molecule has 0 heterocycles. The number of nitrogens with zero attached hydrogens (tertiary/aromatic N) is 1. The third-order valence-corrected chi connectivity index (χ3v) is 2.50. The number of nitrogens with one attached hydrogen (secondary N) is 1. The van der Waals surface area contributed by atoms with Crippen molar-refractivity contribution in [1.29, 1.82) is 5.26 Å². The molecule has 1 unspecified atom stereocenters. The fraction of sp³-hybridized carbons (Fsp3) is 0.385. The normalized spacial score (nSPS) is 11.6. The van der Waals surface area contributed by atoms with Gasteiger partial charge in [-0.05, 0) is 30.5 Å². The third kappa shape index (κ3) is 3.89. The number of benzene rings is 1. The summed E-state index contributed by atoms with van der Waals surface area (Å²) in [6.45, 7) is 1.91. The van der Waals surface area contributed by atoms with Crippen molar-refractivity contribution in [3.8, 4) is 6.07 Å². The van der Waals surface area contributed by atoms with Gasteiger partial charge in [-0.25, -0.2) is 0 Å². The average molecular weight is 232 g/mol. The average Bonchev–Trinajstić information content (AvgIpc) is 2.33. The minimum atomic E-state index is -0.605. The van der Waals surface area contributed by atoms with Crippen molar-refractivity contribution in [2.75, 3.05) is 11.9 Å². The van der Waals surface area contributed by atoms with Crippen LogP contribution in [-0.2, 0) is 11.2 Å². The topological polar surface area (TPSA) is 73.1 Å². The van der Waals surface area contributed by atoms with Gasteiger partial charge in [0.15, 0.2) is 0 Å². The van der Waals surface area contributed by atoms with Gasteiger partial charge in [0.2, 0.25) is 5.91 Å². The number of aliphatic hydroxyl groups excluding tert-OH is 1. The SMILES string of the molecule is CCC(C#N)C(=O)Nc1ccc(CCO)cc1. The van der Waals surface area contributed by atoms with Crippen LogP contribution in [0.2, 0.25) is 0 Å². The summed E-state index contributed by atoms with van der Waals surface area (Å²) in [5.41, 5.74) is 1.68. The van der Waals surface area contributed by atoms with Crippen LogP contribution >= 0.6 is 0 Å².